The zero-order chi connectivity index (χ0) is 12.5. The molecule has 4 heteroatoms. The number of hydrogen-bond acceptors (Lipinski definition) is 3. The highest BCUT2D eigenvalue weighted by Crippen LogP contribution is 2.29. The Kier molecular flexibility index (Phi) is 2.88. The van der Waals surface area contributed by atoms with Crippen molar-refractivity contribution in [1.29, 1.82) is 0 Å². The molecular formula is C14H17N3O. The average molecular weight is 243 g/mol. The number of fused-ring (bicyclic) bond motifs is 1. The fourth-order valence-corrected chi connectivity index (χ4v) is 2.74. The summed E-state index contributed by atoms with van der Waals surface area (Å²) < 4.78 is 0. The van der Waals surface area contributed by atoms with E-state index in [4.69, 9.17) is 0 Å². The van der Waals surface area contributed by atoms with Crippen LogP contribution < -0.4 is 5.69 Å². The molecule has 2 heterocycles. The summed E-state index contributed by atoms with van der Waals surface area (Å²) in [6.45, 7) is 2.17. The van der Waals surface area contributed by atoms with Crippen LogP contribution >= 0.6 is 0 Å². The highest BCUT2D eigenvalue weighted by Gasteiger charge is 2.21. The third-order valence-corrected chi connectivity index (χ3v) is 3.78. The fraction of sp³-hybridized carbons (Fsp3) is 0.429. The molecule has 1 aliphatic rings. The molecule has 0 spiro atoms. The van der Waals surface area contributed by atoms with Crippen LogP contribution in [0.4, 0.5) is 0 Å². The van der Waals surface area contributed by atoms with Crippen LogP contribution in [0.1, 0.15) is 24.5 Å². The van der Waals surface area contributed by atoms with Gasteiger partial charge in [-0.2, -0.15) is 4.98 Å². The molecule has 0 amide bonds. The van der Waals surface area contributed by atoms with Gasteiger partial charge in [-0.05, 0) is 39.0 Å². The van der Waals surface area contributed by atoms with E-state index < -0.39 is 0 Å². The molecule has 18 heavy (non-hydrogen) atoms. The molecular weight excluding hydrogens is 226 g/mol. The lowest BCUT2D eigenvalue weighted by Gasteiger charge is -2.29. The van der Waals surface area contributed by atoms with Gasteiger partial charge in [0.1, 0.15) is 0 Å². The second-order valence-electron chi connectivity index (χ2n) is 5.05. The van der Waals surface area contributed by atoms with Crippen LogP contribution in [0.25, 0.3) is 10.9 Å². The summed E-state index contributed by atoms with van der Waals surface area (Å²) >= 11 is 0. The molecule has 1 aromatic carbocycles. The topological polar surface area (TPSA) is 49.0 Å². The van der Waals surface area contributed by atoms with E-state index in [9.17, 15) is 4.79 Å². The lowest BCUT2D eigenvalue weighted by molar-refractivity contribution is 0.254. The van der Waals surface area contributed by atoms with Crippen molar-refractivity contribution in [3.63, 3.8) is 0 Å². The highest BCUT2D eigenvalue weighted by molar-refractivity contribution is 5.80. The van der Waals surface area contributed by atoms with Crippen LogP contribution in [0, 0.1) is 0 Å². The van der Waals surface area contributed by atoms with Crippen LogP contribution in [0.15, 0.2) is 29.1 Å². The van der Waals surface area contributed by atoms with E-state index in [1.807, 2.05) is 24.3 Å². The first-order valence-corrected chi connectivity index (χ1v) is 6.41. The van der Waals surface area contributed by atoms with Gasteiger partial charge in [-0.3, -0.25) is 0 Å². The minimum atomic E-state index is -0.234. The van der Waals surface area contributed by atoms with Crippen LogP contribution in [0.2, 0.25) is 0 Å². The quantitative estimate of drug-likeness (QED) is 0.830. The number of likely N-dealkylation sites (tertiary alicyclic amines) is 1. The highest BCUT2D eigenvalue weighted by atomic mass is 16.1. The fourth-order valence-electron chi connectivity index (χ4n) is 2.74. The minimum Gasteiger partial charge on any atom is -0.309 e. The van der Waals surface area contributed by atoms with Crippen molar-refractivity contribution in [3.05, 3.63) is 40.4 Å². The van der Waals surface area contributed by atoms with Gasteiger partial charge >= 0.3 is 5.69 Å². The smallest absolute Gasteiger partial charge is 0.309 e. The van der Waals surface area contributed by atoms with Gasteiger partial charge in [0, 0.05) is 17.0 Å². The monoisotopic (exact) mass is 243 g/mol. The Morgan fingerprint density at radius 3 is 2.78 bits per heavy atom. The summed E-state index contributed by atoms with van der Waals surface area (Å²) in [5.41, 5.74) is 1.64. The second-order valence-corrected chi connectivity index (χ2v) is 5.05. The number of aromatic nitrogens is 2. The largest absolute Gasteiger partial charge is 0.345 e. The van der Waals surface area contributed by atoms with Crippen molar-refractivity contribution >= 4 is 10.9 Å². The molecule has 3 rings (SSSR count). The molecule has 4 nitrogen and oxygen atoms in total. The molecule has 0 unspecified atom stereocenters. The molecule has 1 aromatic heterocycles. The van der Waals surface area contributed by atoms with Crippen molar-refractivity contribution in [3.8, 4) is 0 Å². The number of aromatic amines is 1. The van der Waals surface area contributed by atoms with Crippen molar-refractivity contribution in [2.75, 3.05) is 20.1 Å². The SMILES string of the molecule is CN1CCC(c2[nH]c(=O)nc3ccccc23)CC1. The number of para-hydroxylation sites is 1. The second kappa shape index (κ2) is 4.53. The molecule has 1 N–H and O–H groups in total. The first-order chi connectivity index (χ1) is 8.74. The molecule has 2 aromatic rings. The Morgan fingerprint density at radius 2 is 2.00 bits per heavy atom. The normalized spacial score (nSPS) is 18.3. The van der Waals surface area contributed by atoms with E-state index in [0.717, 1.165) is 42.5 Å². The van der Waals surface area contributed by atoms with E-state index in [1.54, 1.807) is 0 Å². The van der Waals surface area contributed by atoms with Crippen molar-refractivity contribution in [1.82, 2.24) is 14.9 Å². The van der Waals surface area contributed by atoms with Gasteiger partial charge in [0.2, 0.25) is 0 Å². The van der Waals surface area contributed by atoms with Gasteiger partial charge in [-0.15, -0.1) is 0 Å². The Bertz CT molecular complexity index is 612. The standard InChI is InChI=1S/C14H17N3O/c1-17-8-6-10(7-9-17)13-11-4-2-3-5-12(11)15-14(18)16-13/h2-5,10H,6-9H2,1H3,(H,15,16,18). The van der Waals surface area contributed by atoms with Gasteiger partial charge in [0.15, 0.2) is 0 Å². The predicted octanol–water partition coefficient (Wildman–Crippen LogP) is 1.73. The number of hydrogen-bond donors (Lipinski definition) is 1. The van der Waals surface area contributed by atoms with Gasteiger partial charge in [-0.1, -0.05) is 18.2 Å². The van der Waals surface area contributed by atoms with E-state index in [0.29, 0.717) is 5.92 Å². The molecule has 94 valence electrons. The summed E-state index contributed by atoms with van der Waals surface area (Å²) in [6.07, 6.45) is 2.20. The maximum Gasteiger partial charge on any atom is 0.345 e. The zero-order valence-electron chi connectivity index (χ0n) is 10.5. The number of benzene rings is 1. The van der Waals surface area contributed by atoms with Crippen molar-refractivity contribution < 1.29 is 0 Å². The lowest BCUT2D eigenvalue weighted by atomic mass is 9.91. The summed E-state index contributed by atoms with van der Waals surface area (Å²) in [7, 11) is 2.14. The Balaban J connectivity index is 2.08. The third-order valence-electron chi connectivity index (χ3n) is 3.78. The number of nitrogens with one attached hydrogen (secondary N) is 1. The summed E-state index contributed by atoms with van der Waals surface area (Å²) in [6, 6.07) is 7.88. The molecule has 0 aliphatic carbocycles. The molecule has 0 bridgehead atoms. The van der Waals surface area contributed by atoms with E-state index in [2.05, 4.69) is 21.9 Å². The number of H-pyrrole nitrogens is 1. The van der Waals surface area contributed by atoms with Crippen molar-refractivity contribution in [2.24, 2.45) is 0 Å². The van der Waals surface area contributed by atoms with E-state index in [-0.39, 0.29) is 5.69 Å². The Morgan fingerprint density at radius 1 is 1.28 bits per heavy atom. The lowest BCUT2D eigenvalue weighted by Crippen LogP contribution is -2.30. The van der Waals surface area contributed by atoms with Gasteiger partial charge in [-0.25, -0.2) is 4.79 Å². The third kappa shape index (κ3) is 2.04. The molecule has 1 saturated heterocycles. The van der Waals surface area contributed by atoms with Crippen LogP contribution in [0.5, 0.6) is 0 Å². The average Bonchev–Trinajstić information content (AvgIpc) is 2.38. The zero-order valence-corrected chi connectivity index (χ0v) is 10.5. The molecule has 0 radical (unpaired) electrons. The number of nitrogens with zero attached hydrogens (tertiary/aromatic N) is 2. The van der Waals surface area contributed by atoms with Crippen LogP contribution in [-0.4, -0.2) is 35.0 Å². The molecule has 0 atom stereocenters. The molecule has 1 aliphatic heterocycles. The predicted molar refractivity (Wildman–Crippen MR) is 71.8 cm³/mol. The minimum absolute atomic E-state index is 0.234. The van der Waals surface area contributed by atoms with E-state index >= 15 is 0 Å². The van der Waals surface area contributed by atoms with Gasteiger partial charge in [0.25, 0.3) is 0 Å². The first kappa shape index (κ1) is 11.4. The summed E-state index contributed by atoms with van der Waals surface area (Å²) in [5.74, 6) is 0.446. The Labute approximate surface area is 106 Å². The number of rotatable bonds is 1. The van der Waals surface area contributed by atoms with Gasteiger partial charge in [0.05, 0.1) is 5.52 Å². The van der Waals surface area contributed by atoms with Crippen molar-refractivity contribution in [2.45, 2.75) is 18.8 Å². The maximum atomic E-state index is 11.6. The van der Waals surface area contributed by atoms with Crippen LogP contribution in [0.3, 0.4) is 0 Å². The van der Waals surface area contributed by atoms with Gasteiger partial charge < -0.3 is 9.88 Å². The van der Waals surface area contributed by atoms with Crippen LogP contribution in [-0.2, 0) is 0 Å². The molecule has 0 saturated carbocycles. The number of piperidine rings is 1. The maximum absolute atomic E-state index is 11.6. The summed E-state index contributed by atoms with van der Waals surface area (Å²) in [5, 5.41) is 1.09. The first-order valence-electron chi connectivity index (χ1n) is 6.41. The molecule has 1 fully saturated rings. The Hall–Kier alpha value is -1.68. The van der Waals surface area contributed by atoms with E-state index in [1.165, 1.54) is 0 Å². The summed E-state index contributed by atoms with van der Waals surface area (Å²) in [4.78, 5) is 20.9.